The van der Waals surface area contributed by atoms with Crippen LogP contribution in [0.15, 0.2) is 24.5 Å². The fourth-order valence-corrected chi connectivity index (χ4v) is 1.63. The number of hydrogen-bond donors (Lipinski definition) is 1. The molecule has 2 aromatic rings. The third kappa shape index (κ3) is 1.75. The molecule has 0 amide bonds. The van der Waals surface area contributed by atoms with Gasteiger partial charge in [-0.05, 0) is 18.6 Å². The summed E-state index contributed by atoms with van der Waals surface area (Å²) in [6, 6.07) is 3.67. The van der Waals surface area contributed by atoms with Gasteiger partial charge < -0.3 is 4.98 Å². The Hall–Kier alpha value is -1.35. The van der Waals surface area contributed by atoms with Gasteiger partial charge >= 0.3 is 0 Å². The van der Waals surface area contributed by atoms with E-state index in [-0.39, 0.29) is 5.78 Å². The summed E-state index contributed by atoms with van der Waals surface area (Å²) in [7, 11) is 0. The van der Waals surface area contributed by atoms with Gasteiger partial charge in [-0.2, -0.15) is 0 Å². The SMILES string of the molecule is CCC(Cl)C(=O)c1c[nH]c2ncccc12. The lowest BCUT2D eigenvalue weighted by molar-refractivity contribution is 0.0987. The van der Waals surface area contributed by atoms with Crippen LogP contribution in [0.2, 0.25) is 0 Å². The fraction of sp³-hybridized carbons (Fsp3) is 0.273. The van der Waals surface area contributed by atoms with Crippen molar-refractivity contribution in [2.45, 2.75) is 18.7 Å². The van der Waals surface area contributed by atoms with Gasteiger partial charge in [0.25, 0.3) is 0 Å². The molecule has 4 heteroatoms. The van der Waals surface area contributed by atoms with Crippen molar-refractivity contribution in [1.82, 2.24) is 9.97 Å². The van der Waals surface area contributed by atoms with E-state index in [9.17, 15) is 4.79 Å². The van der Waals surface area contributed by atoms with E-state index in [2.05, 4.69) is 9.97 Å². The highest BCUT2D eigenvalue weighted by Crippen LogP contribution is 2.19. The predicted octanol–water partition coefficient (Wildman–Crippen LogP) is 2.76. The van der Waals surface area contributed by atoms with Crippen molar-refractivity contribution in [1.29, 1.82) is 0 Å². The second kappa shape index (κ2) is 4.03. The summed E-state index contributed by atoms with van der Waals surface area (Å²) < 4.78 is 0. The topological polar surface area (TPSA) is 45.8 Å². The summed E-state index contributed by atoms with van der Waals surface area (Å²) in [6.07, 6.45) is 3.99. The number of alkyl halides is 1. The van der Waals surface area contributed by atoms with Crippen LogP contribution >= 0.6 is 11.6 Å². The summed E-state index contributed by atoms with van der Waals surface area (Å²) in [5.74, 6) is -0.0431. The summed E-state index contributed by atoms with van der Waals surface area (Å²) in [4.78, 5) is 18.9. The number of halogens is 1. The molecular formula is C11H11ClN2O. The van der Waals surface area contributed by atoms with E-state index in [0.29, 0.717) is 12.0 Å². The molecular weight excluding hydrogens is 212 g/mol. The molecule has 0 bridgehead atoms. The Labute approximate surface area is 92.5 Å². The summed E-state index contributed by atoms with van der Waals surface area (Å²) in [5.41, 5.74) is 1.35. The van der Waals surface area contributed by atoms with Gasteiger partial charge in [0.05, 0.1) is 5.38 Å². The Morgan fingerprint density at radius 1 is 1.67 bits per heavy atom. The first-order chi connectivity index (χ1) is 7.24. The van der Waals surface area contributed by atoms with Gasteiger partial charge in [-0.3, -0.25) is 4.79 Å². The molecule has 2 rings (SSSR count). The summed E-state index contributed by atoms with van der Waals surface area (Å²) >= 11 is 5.92. The zero-order valence-corrected chi connectivity index (χ0v) is 9.08. The van der Waals surface area contributed by atoms with E-state index < -0.39 is 5.38 Å². The Morgan fingerprint density at radius 2 is 2.47 bits per heavy atom. The largest absolute Gasteiger partial charge is 0.345 e. The Bertz CT molecular complexity index is 492. The predicted molar refractivity (Wildman–Crippen MR) is 60.4 cm³/mol. The minimum Gasteiger partial charge on any atom is -0.345 e. The van der Waals surface area contributed by atoms with Gasteiger partial charge in [0.15, 0.2) is 5.78 Å². The van der Waals surface area contributed by atoms with Crippen LogP contribution in [0.4, 0.5) is 0 Å². The van der Waals surface area contributed by atoms with Crippen LogP contribution in [0.25, 0.3) is 11.0 Å². The zero-order valence-electron chi connectivity index (χ0n) is 8.33. The maximum Gasteiger partial charge on any atom is 0.182 e. The van der Waals surface area contributed by atoms with E-state index in [1.165, 1.54) is 0 Å². The maximum absolute atomic E-state index is 11.9. The average Bonchev–Trinajstić information content (AvgIpc) is 2.70. The lowest BCUT2D eigenvalue weighted by Crippen LogP contribution is -2.12. The van der Waals surface area contributed by atoms with Crippen molar-refractivity contribution in [3.05, 3.63) is 30.1 Å². The highest BCUT2D eigenvalue weighted by atomic mass is 35.5. The molecule has 2 heterocycles. The smallest absolute Gasteiger partial charge is 0.182 e. The number of rotatable bonds is 3. The molecule has 0 radical (unpaired) electrons. The van der Waals surface area contributed by atoms with Gasteiger partial charge in [0.2, 0.25) is 0 Å². The van der Waals surface area contributed by atoms with Crippen LogP contribution in [0.5, 0.6) is 0 Å². The minimum atomic E-state index is -0.454. The van der Waals surface area contributed by atoms with Crippen molar-refractivity contribution in [2.75, 3.05) is 0 Å². The molecule has 1 unspecified atom stereocenters. The average molecular weight is 223 g/mol. The lowest BCUT2D eigenvalue weighted by atomic mass is 10.1. The van der Waals surface area contributed by atoms with Crippen LogP contribution in [-0.4, -0.2) is 21.1 Å². The first-order valence-corrected chi connectivity index (χ1v) is 5.28. The van der Waals surface area contributed by atoms with Gasteiger partial charge in [-0.25, -0.2) is 4.98 Å². The number of carbonyl (C=O) groups excluding carboxylic acids is 1. The van der Waals surface area contributed by atoms with Crippen molar-refractivity contribution in [3.63, 3.8) is 0 Å². The van der Waals surface area contributed by atoms with E-state index in [4.69, 9.17) is 11.6 Å². The number of Topliss-reactive ketones (excluding diaryl/α,β-unsaturated/α-hetero) is 1. The normalized spacial score (nSPS) is 12.9. The maximum atomic E-state index is 11.9. The lowest BCUT2D eigenvalue weighted by Gasteiger charge is -2.03. The van der Waals surface area contributed by atoms with Gasteiger partial charge in [-0.15, -0.1) is 11.6 Å². The molecule has 0 spiro atoms. The molecule has 0 aliphatic carbocycles. The van der Waals surface area contributed by atoms with Gasteiger partial charge in [0, 0.05) is 23.3 Å². The van der Waals surface area contributed by atoms with E-state index >= 15 is 0 Å². The van der Waals surface area contributed by atoms with Crippen molar-refractivity contribution >= 4 is 28.4 Å². The first-order valence-electron chi connectivity index (χ1n) is 4.84. The highest BCUT2D eigenvalue weighted by Gasteiger charge is 2.18. The number of aromatic amines is 1. The number of ketones is 1. The highest BCUT2D eigenvalue weighted by molar-refractivity contribution is 6.35. The summed E-state index contributed by atoms with van der Waals surface area (Å²) in [5, 5.41) is 0.380. The Morgan fingerprint density at radius 3 is 3.20 bits per heavy atom. The quantitative estimate of drug-likeness (QED) is 0.641. The second-order valence-corrected chi connectivity index (χ2v) is 3.87. The van der Waals surface area contributed by atoms with Crippen molar-refractivity contribution < 1.29 is 4.79 Å². The van der Waals surface area contributed by atoms with Crippen LogP contribution in [0.1, 0.15) is 23.7 Å². The molecule has 0 aromatic carbocycles. The molecule has 1 N–H and O–H groups in total. The van der Waals surface area contributed by atoms with E-state index in [1.807, 2.05) is 19.1 Å². The zero-order chi connectivity index (χ0) is 10.8. The fourth-order valence-electron chi connectivity index (χ4n) is 1.51. The molecule has 2 aromatic heterocycles. The van der Waals surface area contributed by atoms with Crippen LogP contribution in [-0.2, 0) is 0 Å². The number of hydrogen-bond acceptors (Lipinski definition) is 2. The van der Waals surface area contributed by atoms with Gasteiger partial charge in [-0.1, -0.05) is 6.92 Å². The number of carbonyl (C=O) groups is 1. The standard InChI is InChI=1S/C11H11ClN2O/c1-2-9(12)10(15)8-6-14-11-7(8)4-3-5-13-11/h3-6,9H,2H2,1H3,(H,13,14). The number of nitrogens with zero attached hydrogens (tertiary/aromatic N) is 1. The molecule has 15 heavy (non-hydrogen) atoms. The number of H-pyrrole nitrogens is 1. The Kier molecular flexibility index (Phi) is 2.73. The van der Waals surface area contributed by atoms with Crippen LogP contribution < -0.4 is 0 Å². The third-order valence-corrected chi connectivity index (χ3v) is 2.87. The minimum absolute atomic E-state index is 0.0431. The van der Waals surface area contributed by atoms with Crippen LogP contribution in [0, 0.1) is 0 Å². The molecule has 0 aliphatic rings. The number of pyridine rings is 1. The number of fused-ring (bicyclic) bond motifs is 1. The number of nitrogens with one attached hydrogen (secondary N) is 1. The Balaban J connectivity index is 2.48. The molecule has 0 saturated carbocycles. The molecule has 78 valence electrons. The number of aromatic nitrogens is 2. The van der Waals surface area contributed by atoms with Crippen LogP contribution in [0.3, 0.4) is 0 Å². The van der Waals surface area contributed by atoms with E-state index in [1.54, 1.807) is 12.4 Å². The second-order valence-electron chi connectivity index (χ2n) is 3.34. The third-order valence-electron chi connectivity index (χ3n) is 2.36. The molecule has 0 saturated heterocycles. The van der Waals surface area contributed by atoms with Crippen molar-refractivity contribution in [2.24, 2.45) is 0 Å². The molecule has 3 nitrogen and oxygen atoms in total. The monoisotopic (exact) mass is 222 g/mol. The summed E-state index contributed by atoms with van der Waals surface area (Å²) in [6.45, 7) is 1.89. The molecule has 0 fully saturated rings. The molecule has 1 atom stereocenters. The first kappa shape index (κ1) is 10.2. The van der Waals surface area contributed by atoms with Gasteiger partial charge in [0.1, 0.15) is 5.65 Å². The molecule has 0 aliphatic heterocycles. The van der Waals surface area contributed by atoms with Crippen molar-refractivity contribution in [3.8, 4) is 0 Å². The van der Waals surface area contributed by atoms with E-state index in [0.717, 1.165) is 11.0 Å².